The van der Waals surface area contributed by atoms with Crippen molar-refractivity contribution < 1.29 is 4.79 Å². The van der Waals surface area contributed by atoms with E-state index in [4.69, 9.17) is 11.5 Å². The van der Waals surface area contributed by atoms with Crippen LogP contribution in [0.4, 0.5) is 0 Å². The molecule has 11 heavy (non-hydrogen) atoms. The fourth-order valence-electron chi connectivity index (χ4n) is 2.00. The summed E-state index contributed by atoms with van der Waals surface area (Å²) >= 11 is 0. The summed E-state index contributed by atoms with van der Waals surface area (Å²) in [4.78, 5) is 11.0. The number of primary amides is 1. The van der Waals surface area contributed by atoms with Crippen molar-refractivity contribution >= 4 is 5.91 Å². The molecule has 1 aliphatic carbocycles. The van der Waals surface area contributed by atoms with Gasteiger partial charge in [-0.25, -0.2) is 0 Å². The van der Waals surface area contributed by atoms with Crippen molar-refractivity contribution in [3.8, 4) is 0 Å². The first-order chi connectivity index (χ1) is 5.11. The standard InChI is InChI=1S/C8H16N2O/c1-2-6-4-3-5-8(6,10)7(9)11/h6H,2-5,10H2,1H3,(H2,9,11)/t6-,8-/m1/s1. The van der Waals surface area contributed by atoms with Gasteiger partial charge < -0.3 is 11.5 Å². The maximum absolute atomic E-state index is 11.0. The highest BCUT2D eigenvalue weighted by Gasteiger charge is 2.43. The molecule has 0 aliphatic heterocycles. The van der Waals surface area contributed by atoms with Gasteiger partial charge in [-0.1, -0.05) is 19.8 Å². The lowest BCUT2D eigenvalue weighted by molar-refractivity contribution is -0.124. The van der Waals surface area contributed by atoms with Gasteiger partial charge in [0, 0.05) is 0 Å². The number of carbonyl (C=O) groups is 1. The minimum absolute atomic E-state index is 0.306. The zero-order chi connectivity index (χ0) is 8.48. The Morgan fingerprint density at radius 1 is 1.73 bits per heavy atom. The molecule has 2 atom stereocenters. The number of hydrogen-bond acceptors (Lipinski definition) is 2. The zero-order valence-electron chi connectivity index (χ0n) is 6.97. The van der Waals surface area contributed by atoms with E-state index >= 15 is 0 Å². The molecule has 3 nitrogen and oxygen atoms in total. The number of amides is 1. The maximum Gasteiger partial charge on any atom is 0.237 e. The molecule has 0 aromatic rings. The Balaban J connectivity index is 2.75. The van der Waals surface area contributed by atoms with Gasteiger partial charge in [-0.05, 0) is 18.8 Å². The molecule has 1 aliphatic rings. The van der Waals surface area contributed by atoms with Crippen molar-refractivity contribution in [1.82, 2.24) is 0 Å². The molecule has 0 heterocycles. The second kappa shape index (κ2) is 2.81. The summed E-state index contributed by atoms with van der Waals surface area (Å²) < 4.78 is 0. The van der Waals surface area contributed by atoms with E-state index in [-0.39, 0.29) is 5.91 Å². The van der Waals surface area contributed by atoms with Gasteiger partial charge >= 0.3 is 0 Å². The fraction of sp³-hybridized carbons (Fsp3) is 0.875. The fourth-order valence-corrected chi connectivity index (χ4v) is 2.00. The Morgan fingerprint density at radius 3 is 2.73 bits per heavy atom. The molecule has 0 aromatic heterocycles. The average Bonchev–Trinajstić information content (AvgIpc) is 2.32. The summed E-state index contributed by atoms with van der Waals surface area (Å²) in [7, 11) is 0. The van der Waals surface area contributed by atoms with E-state index in [0.29, 0.717) is 5.92 Å². The van der Waals surface area contributed by atoms with Crippen LogP contribution >= 0.6 is 0 Å². The molecule has 1 amide bonds. The van der Waals surface area contributed by atoms with E-state index in [1.54, 1.807) is 0 Å². The molecule has 64 valence electrons. The second-order valence-electron chi connectivity index (χ2n) is 3.40. The van der Waals surface area contributed by atoms with Crippen molar-refractivity contribution in [2.24, 2.45) is 17.4 Å². The molecule has 0 radical (unpaired) electrons. The Hall–Kier alpha value is -0.570. The molecule has 0 aromatic carbocycles. The van der Waals surface area contributed by atoms with Crippen LogP contribution in [0.2, 0.25) is 0 Å². The Kier molecular flexibility index (Phi) is 2.18. The Morgan fingerprint density at radius 2 is 2.36 bits per heavy atom. The average molecular weight is 156 g/mol. The van der Waals surface area contributed by atoms with E-state index in [9.17, 15) is 4.79 Å². The first-order valence-corrected chi connectivity index (χ1v) is 4.20. The highest BCUT2D eigenvalue weighted by atomic mass is 16.1. The van der Waals surface area contributed by atoms with Gasteiger partial charge in [0.25, 0.3) is 0 Å². The number of rotatable bonds is 2. The lowest BCUT2D eigenvalue weighted by atomic mass is 9.85. The second-order valence-corrected chi connectivity index (χ2v) is 3.40. The summed E-state index contributed by atoms with van der Waals surface area (Å²) in [5.74, 6) is -0.0261. The lowest BCUT2D eigenvalue weighted by Crippen LogP contribution is -2.54. The van der Waals surface area contributed by atoms with Crippen LogP contribution in [0.15, 0.2) is 0 Å². The van der Waals surface area contributed by atoms with Crippen LogP contribution in [-0.2, 0) is 4.79 Å². The van der Waals surface area contributed by atoms with Gasteiger partial charge in [-0.3, -0.25) is 4.79 Å². The topological polar surface area (TPSA) is 69.1 Å². The zero-order valence-corrected chi connectivity index (χ0v) is 6.97. The normalized spacial score (nSPS) is 37.5. The van der Waals surface area contributed by atoms with E-state index in [1.165, 1.54) is 0 Å². The molecule has 0 saturated heterocycles. The van der Waals surface area contributed by atoms with E-state index in [2.05, 4.69) is 6.92 Å². The van der Waals surface area contributed by atoms with Crippen molar-refractivity contribution in [3.63, 3.8) is 0 Å². The first-order valence-electron chi connectivity index (χ1n) is 4.20. The number of hydrogen-bond donors (Lipinski definition) is 2. The SMILES string of the molecule is CC[C@@H]1CCC[C@]1(N)C(N)=O. The molecular weight excluding hydrogens is 140 g/mol. The molecule has 0 spiro atoms. The number of carbonyl (C=O) groups excluding carboxylic acids is 1. The van der Waals surface area contributed by atoms with Gasteiger partial charge in [-0.2, -0.15) is 0 Å². The van der Waals surface area contributed by atoms with Gasteiger partial charge in [0.1, 0.15) is 0 Å². The van der Waals surface area contributed by atoms with Crippen LogP contribution in [0.25, 0.3) is 0 Å². The van der Waals surface area contributed by atoms with Crippen LogP contribution in [-0.4, -0.2) is 11.4 Å². The highest BCUT2D eigenvalue weighted by Crippen LogP contribution is 2.35. The summed E-state index contributed by atoms with van der Waals surface area (Å²) in [5.41, 5.74) is 10.4. The van der Waals surface area contributed by atoms with Gasteiger partial charge in [-0.15, -0.1) is 0 Å². The van der Waals surface area contributed by atoms with Crippen molar-refractivity contribution in [1.29, 1.82) is 0 Å². The maximum atomic E-state index is 11.0. The van der Waals surface area contributed by atoms with Crippen molar-refractivity contribution in [2.45, 2.75) is 38.1 Å². The predicted octanol–water partition coefficient (Wildman–Crippen LogP) is 0.379. The minimum atomic E-state index is -0.700. The predicted molar refractivity (Wildman–Crippen MR) is 43.7 cm³/mol. The molecule has 1 fully saturated rings. The highest BCUT2D eigenvalue weighted by molar-refractivity contribution is 5.85. The van der Waals surface area contributed by atoms with E-state index in [1.807, 2.05) is 0 Å². The molecule has 1 rings (SSSR count). The smallest absolute Gasteiger partial charge is 0.237 e. The lowest BCUT2D eigenvalue weighted by Gasteiger charge is -2.26. The molecule has 0 unspecified atom stereocenters. The Labute approximate surface area is 67.1 Å². The summed E-state index contributed by atoms with van der Waals surface area (Å²) in [6.07, 6.45) is 3.81. The monoisotopic (exact) mass is 156 g/mol. The summed E-state index contributed by atoms with van der Waals surface area (Å²) in [5, 5.41) is 0. The van der Waals surface area contributed by atoms with Gasteiger partial charge in [0.15, 0.2) is 0 Å². The van der Waals surface area contributed by atoms with Crippen LogP contribution in [0, 0.1) is 5.92 Å². The third-order valence-electron chi connectivity index (χ3n) is 2.82. The first kappa shape index (κ1) is 8.53. The molecule has 1 saturated carbocycles. The third-order valence-corrected chi connectivity index (χ3v) is 2.82. The summed E-state index contributed by atoms with van der Waals surface area (Å²) in [6, 6.07) is 0. The minimum Gasteiger partial charge on any atom is -0.368 e. The van der Waals surface area contributed by atoms with Crippen LogP contribution in [0.3, 0.4) is 0 Å². The quantitative estimate of drug-likeness (QED) is 0.606. The summed E-state index contributed by atoms with van der Waals surface area (Å²) in [6.45, 7) is 2.06. The molecular formula is C8H16N2O. The van der Waals surface area contributed by atoms with E-state index < -0.39 is 5.54 Å². The molecule has 0 bridgehead atoms. The van der Waals surface area contributed by atoms with Crippen LogP contribution in [0.5, 0.6) is 0 Å². The number of nitrogens with two attached hydrogens (primary N) is 2. The van der Waals surface area contributed by atoms with E-state index in [0.717, 1.165) is 25.7 Å². The van der Waals surface area contributed by atoms with Crippen molar-refractivity contribution in [3.05, 3.63) is 0 Å². The Bertz CT molecular complexity index is 169. The third kappa shape index (κ3) is 1.25. The molecule has 3 heteroatoms. The molecule has 4 N–H and O–H groups in total. The largest absolute Gasteiger partial charge is 0.368 e. The van der Waals surface area contributed by atoms with Crippen LogP contribution in [0.1, 0.15) is 32.6 Å². The van der Waals surface area contributed by atoms with Crippen LogP contribution < -0.4 is 11.5 Å². The van der Waals surface area contributed by atoms with Gasteiger partial charge in [0.05, 0.1) is 5.54 Å². The van der Waals surface area contributed by atoms with Gasteiger partial charge in [0.2, 0.25) is 5.91 Å². The van der Waals surface area contributed by atoms with Crippen molar-refractivity contribution in [2.75, 3.05) is 0 Å².